The summed E-state index contributed by atoms with van der Waals surface area (Å²) in [5, 5.41) is 11.7. The molecule has 0 saturated carbocycles. The number of benzene rings is 2. The molecule has 2 heterocycles. The molecule has 0 fully saturated rings. The lowest BCUT2D eigenvalue weighted by Gasteiger charge is -2.20. The Morgan fingerprint density at radius 1 is 1.03 bits per heavy atom. The molecule has 0 aliphatic rings. The van der Waals surface area contributed by atoms with Crippen LogP contribution in [-0.2, 0) is 6.54 Å². The van der Waals surface area contributed by atoms with Gasteiger partial charge < -0.3 is 10.8 Å². The number of anilines is 2. The molecule has 7 heteroatoms. The molecule has 29 heavy (non-hydrogen) atoms. The summed E-state index contributed by atoms with van der Waals surface area (Å²) in [7, 11) is 0. The highest BCUT2D eigenvalue weighted by Gasteiger charge is 2.12. The molecule has 0 amide bonds. The van der Waals surface area contributed by atoms with Crippen molar-refractivity contribution in [3.05, 3.63) is 84.1 Å². The maximum absolute atomic E-state index is 11.2. The van der Waals surface area contributed by atoms with Gasteiger partial charge in [0, 0.05) is 17.1 Å². The van der Waals surface area contributed by atoms with Gasteiger partial charge in [0.05, 0.1) is 29.0 Å². The number of hydrogen-bond donors (Lipinski definition) is 3. The van der Waals surface area contributed by atoms with Gasteiger partial charge in [-0.2, -0.15) is 0 Å². The lowest BCUT2D eigenvalue weighted by molar-refractivity contribution is 0.0697. The van der Waals surface area contributed by atoms with Crippen LogP contribution in [0.25, 0.3) is 22.2 Å². The first-order valence-electron chi connectivity index (χ1n) is 8.97. The van der Waals surface area contributed by atoms with Crippen LogP contribution in [0, 0.1) is 0 Å². The van der Waals surface area contributed by atoms with E-state index in [2.05, 4.69) is 9.97 Å². The van der Waals surface area contributed by atoms with Crippen molar-refractivity contribution in [1.29, 1.82) is 0 Å². The molecule has 0 saturated heterocycles. The first kappa shape index (κ1) is 18.4. The van der Waals surface area contributed by atoms with Crippen LogP contribution in [0.15, 0.2) is 72.9 Å². The van der Waals surface area contributed by atoms with E-state index in [4.69, 9.17) is 11.6 Å². The van der Waals surface area contributed by atoms with Crippen molar-refractivity contribution in [2.75, 3.05) is 10.7 Å². The van der Waals surface area contributed by atoms with Gasteiger partial charge in [-0.25, -0.2) is 15.6 Å². The largest absolute Gasteiger partial charge is 0.478 e. The Hall–Kier alpha value is -3.97. The van der Waals surface area contributed by atoms with Gasteiger partial charge >= 0.3 is 5.97 Å². The predicted octanol–water partition coefficient (Wildman–Crippen LogP) is 3.46. The molecule has 2 aromatic heterocycles. The minimum absolute atomic E-state index is 0.192. The smallest absolute Gasteiger partial charge is 0.335 e. The van der Waals surface area contributed by atoms with Crippen LogP contribution in [0.3, 0.4) is 0 Å². The molecule has 0 unspecified atom stereocenters. The second kappa shape index (κ2) is 7.57. The first-order valence-corrected chi connectivity index (χ1v) is 8.97. The van der Waals surface area contributed by atoms with Gasteiger partial charge in [0.1, 0.15) is 0 Å². The number of nitrogens with two attached hydrogens (primary N) is 2. The van der Waals surface area contributed by atoms with Crippen molar-refractivity contribution in [2.45, 2.75) is 6.54 Å². The van der Waals surface area contributed by atoms with Crippen molar-refractivity contribution in [3.63, 3.8) is 0 Å². The number of pyridine rings is 2. The zero-order valence-electron chi connectivity index (χ0n) is 15.5. The van der Waals surface area contributed by atoms with Gasteiger partial charge in [-0.05, 0) is 48.0 Å². The van der Waals surface area contributed by atoms with E-state index >= 15 is 0 Å². The van der Waals surface area contributed by atoms with Gasteiger partial charge in [-0.3, -0.25) is 9.99 Å². The van der Waals surface area contributed by atoms with Crippen molar-refractivity contribution in [1.82, 2.24) is 9.97 Å². The number of nitrogens with zero attached hydrogens (tertiary/aromatic N) is 3. The number of aromatic nitrogens is 2. The molecule has 4 aromatic rings. The van der Waals surface area contributed by atoms with Crippen molar-refractivity contribution in [3.8, 4) is 11.3 Å². The highest BCUT2D eigenvalue weighted by molar-refractivity contribution is 5.89. The number of hydrazine groups is 1. The number of aromatic carboxylic acids is 1. The Labute approximate surface area is 167 Å². The summed E-state index contributed by atoms with van der Waals surface area (Å²) in [6, 6.07) is 19.9. The molecule has 0 aliphatic heterocycles. The maximum Gasteiger partial charge on any atom is 0.335 e. The fourth-order valence-corrected chi connectivity index (χ4v) is 3.16. The fraction of sp³-hybridized carbons (Fsp3) is 0.0455. The summed E-state index contributed by atoms with van der Waals surface area (Å²) in [5.41, 5.74) is 9.91. The van der Waals surface area contributed by atoms with E-state index in [-0.39, 0.29) is 5.56 Å². The zero-order chi connectivity index (χ0) is 20.4. The van der Waals surface area contributed by atoms with Gasteiger partial charge in [0.25, 0.3) is 0 Å². The van der Waals surface area contributed by atoms with Gasteiger partial charge in [-0.15, -0.1) is 0 Å². The number of rotatable bonds is 5. The normalized spacial score (nSPS) is 10.8. The number of hydrogen-bond acceptors (Lipinski definition) is 6. The van der Waals surface area contributed by atoms with Crippen molar-refractivity contribution >= 4 is 28.4 Å². The molecule has 5 N–H and O–H groups in total. The van der Waals surface area contributed by atoms with E-state index in [1.165, 1.54) is 11.1 Å². The molecule has 7 nitrogen and oxygen atoms in total. The topological polar surface area (TPSA) is 118 Å². The molecule has 0 radical (unpaired) electrons. The van der Waals surface area contributed by atoms with Crippen LogP contribution < -0.4 is 16.6 Å². The molecule has 0 spiro atoms. The molecule has 0 bridgehead atoms. The van der Waals surface area contributed by atoms with Crippen LogP contribution in [0.5, 0.6) is 0 Å². The number of fused-ring (bicyclic) bond motifs is 1. The van der Waals surface area contributed by atoms with E-state index in [9.17, 15) is 9.90 Å². The van der Waals surface area contributed by atoms with Crippen LogP contribution in [0.2, 0.25) is 0 Å². The Morgan fingerprint density at radius 3 is 2.72 bits per heavy atom. The summed E-state index contributed by atoms with van der Waals surface area (Å²) >= 11 is 0. The SMILES string of the molecule is Nc1ccc(-c2cccc(C(=O)O)c2)nc1N(N)Cc1ccc2ncccc2c1. The third kappa shape index (κ3) is 3.85. The highest BCUT2D eigenvalue weighted by Crippen LogP contribution is 2.26. The summed E-state index contributed by atoms with van der Waals surface area (Å²) < 4.78 is 0. The van der Waals surface area contributed by atoms with Crippen LogP contribution in [0.4, 0.5) is 11.5 Å². The number of nitrogen functional groups attached to an aromatic ring is 1. The Balaban J connectivity index is 1.64. The Bertz CT molecular complexity index is 1210. The first-order chi connectivity index (χ1) is 14.0. The van der Waals surface area contributed by atoms with Gasteiger partial charge in [0.15, 0.2) is 5.82 Å². The molecule has 0 aliphatic carbocycles. The third-order valence-corrected chi connectivity index (χ3v) is 4.60. The minimum Gasteiger partial charge on any atom is -0.478 e. The maximum atomic E-state index is 11.2. The van der Waals surface area contributed by atoms with E-state index in [1.807, 2.05) is 30.3 Å². The lowest BCUT2D eigenvalue weighted by Crippen LogP contribution is -2.31. The number of carboxylic acid groups (broad SMARTS) is 1. The molecule has 2 aromatic carbocycles. The monoisotopic (exact) mass is 385 g/mol. The Kier molecular flexibility index (Phi) is 4.80. The minimum atomic E-state index is -0.992. The summed E-state index contributed by atoms with van der Waals surface area (Å²) in [4.78, 5) is 20.1. The summed E-state index contributed by atoms with van der Waals surface area (Å²) in [6.45, 7) is 0.403. The third-order valence-electron chi connectivity index (χ3n) is 4.60. The molecular weight excluding hydrogens is 366 g/mol. The zero-order valence-corrected chi connectivity index (χ0v) is 15.5. The molecule has 144 valence electrons. The van der Waals surface area contributed by atoms with E-state index in [0.717, 1.165) is 16.5 Å². The van der Waals surface area contributed by atoms with Gasteiger partial charge in [-0.1, -0.05) is 24.3 Å². The quantitative estimate of drug-likeness (QED) is 0.355. The predicted molar refractivity (Wildman–Crippen MR) is 113 cm³/mol. The number of carboxylic acids is 1. The highest BCUT2D eigenvalue weighted by atomic mass is 16.4. The van der Waals surface area contributed by atoms with E-state index in [1.54, 1.807) is 36.5 Å². The summed E-state index contributed by atoms with van der Waals surface area (Å²) in [6.07, 6.45) is 1.76. The molecule has 0 atom stereocenters. The van der Waals surface area contributed by atoms with Crippen LogP contribution in [-0.4, -0.2) is 21.0 Å². The van der Waals surface area contributed by atoms with E-state index < -0.39 is 5.97 Å². The second-order valence-electron chi connectivity index (χ2n) is 6.65. The standard InChI is InChI=1S/C22H19N5O2/c23-18-7-9-20(16-3-1-4-17(12-16)22(28)29)26-21(18)27(24)13-14-6-8-19-15(11-14)5-2-10-25-19/h1-12H,13,23-24H2,(H,28,29). The number of carbonyl (C=O) groups is 1. The average Bonchev–Trinajstić information content (AvgIpc) is 2.74. The molecule has 4 rings (SSSR count). The van der Waals surface area contributed by atoms with Crippen LogP contribution in [0.1, 0.15) is 15.9 Å². The van der Waals surface area contributed by atoms with Gasteiger partial charge in [0.2, 0.25) is 0 Å². The van der Waals surface area contributed by atoms with E-state index in [0.29, 0.717) is 29.3 Å². The summed E-state index contributed by atoms with van der Waals surface area (Å²) in [5.74, 6) is 5.71. The van der Waals surface area contributed by atoms with Crippen molar-refractivity contribution in [2.24, 2.45) is 5.84 Å². The van der Waals surface area contributed by atoms with Crippen molar-refractivity contribution < 1.29 is 9.90 Å². The lowest BCUT2D eigenvalue weighted by atomic mass is 10.1. The molecular formula is C22H19N5O2. The Morgan fingerprint density at radius 2 is 1.90 bits per heavy atom. The average molecular weight is 385 g/mol. The second-order valence-corrected chi connectivity index (χ2v) is 6.65. The van der Waals surface area contributed by atoms with Crippen LogP contribution >= 0.6 is 0 Å². The fourth-order valence-electron chi connectivity index (χ4n) is 3.16.